The summed E-state index contributed by atoms with van der Waals surface area (Å²) >= 11 is 0. The predicted octanol–water partition coefficient (Wildman–Crippen LogP) is -0.333. The van der Waals surface area contributed by atoms with Crippen molar-refractivity contribution in [3.8, 4) is 0 Å². The molecular formula is C10H24ClN. The van der Waals surface area contributed by atoms with Crippen molar-refractivity contribution in [2.45, 2.75) is 39.5 Å². The molecule has 0 saturated carbocycles. The lowest BCUT2D eigenvalue weighted by Crippen LogP contribution is -3.00. The second-order valence-electron chi connectivity index (χ2n) is 4.04. The topological polar surface area (TPSA) is 0 Å². The number of hydrogen-bond donors (Lipinski definition) is 0. The Hall–Kier alpha value is 0.250. The number of quaternary nitrogens is 1. The van der Waals surface area contributed by atoms with Gasteiger partial charge < -0.3 is 16.9 Å². The first kappa shape index (κ1) is 14.8. The lowest BCUT2D eigenvalue weighted by molar-refractivity contribution is -0.888. The van der Waals surface area contributed by atoms with Crippen LogP contribution in [0.15, 0.2) is 0 Å². The zero-order chi connectivity index (χ0) is 8.74. The minimum Gasteiger partial charge on any atom is -1.00 e. The second-order valence-corrected chi connectivity index (χ2v) is 4.04. The molecule has 0 spiro atoms. The molecule has 12 heavy (non-hydrogen) atoms. The third-order valence-corrected chi connectivity index (χ3v) is 2.47. The molecule has 0 heterocycles. The molecule has 0 amide bonds. The van der Waals surface area contributed by atoms with Gasteiger partial charge in [0.05, 0.1) is 27.2 Å². The molecule has 0 bridgehead atoms. The van der Waals surface area contributed by atoms with Crippen molar-refractivity contribution in [3.05, 3.63) is 0 Å². The standard InChI is InChI=1S/C10H24N.ClH/c1-5-7-8-9-10-11(3,4)6-2;/h5-10H2,1-4H3;1H/q+1;/p-1. The van der Waals surface area contributed by atoms with Gasteiger partial charge in [0, 0.05) is 0 Å². The molecule has 0 radical (unpaired) electrons. The van der Waals surface area contributed by atoms with Gasteiger partial charge >= 0.3 is 0 Å². The molecule has 76 valence electrons. The van der Waals surface area contributed by atoms with E-state index >= 15 is 0 Å². The van der Waals surface area contributed by atoms with Gasteiger partial charge in [-0.05, 0) is 19.8 Å². The zero-order valence-electron chi connectivity index (χ0n) is 9.07. The van der Waals surface area contributed by atoms with Crippen molar-refractivity contribution >= 4 is 0 Å². The molecule has 0 aliphatic carbocycles. The molecular weight excluding hydrogens is 170 g/mol. The molecule has 0 unspecified atom stereocenters. The van der Waals surface area contributed by atoms with Gasteiger partial charge in [-0.15, -0.1) is 0 Å². The first-order valence-electron chi connectivity index (χ1n) is 4.94. The van der Waals surface area contributed by atoms with Crippen LogP contribution in [0.25, 0.3) is 0 Å². The van der Waals surface area contributed by atoms with Crippen LogP contribution in [0.2, 0.25) is 0 Å². The smallest absolute Gasteiger partial charge is 0.0782 e. The van der Waals surface area contributed by atoms with Crippen LogP contribution in [-0.4, -0.2) is 31.7 Å². The Morgan fingerprint density at radius 1 is 0.917 bits per heavy atom. The Bertz CT molecular complexity index is 91.8. The van der Waals surface area contributed by atoms with Crippen LogP contribution < -0.4 is 12.4 Å². The van der Waals surface area contributed by atoms with Crippen LogP contribution in [0.3, 0.4) is 0 Å². The minimum absolute atomic E-state index is 0. The second kappa shape index (κ2) is 7.88. The van der Waals surface area contributed by atoms with Crippen LogP contribution in [-0.2, 0) is 0 Å². The lowest BCUT2D eigenvalue weighted by Gasteiger charge is -2.28. The fraction of sp³-hybridized carbons (Fsp3) is 1.00. The maximum absolute atomic E-state index is 2.31. The van der Waals surface area contributed by atoms with Crippen molar-refractivity contribution in [1.29, 1.82) is 0 Å². The van der Waals surface area contributed by atoms with Gasteiger partial charge in [-0.2, -0.15) is 0 Å². The van der Waals surface area contributed by atoms with E-state index in [1.165, 1.54) is 43.3 Å². The molecule has 2 heteroatoms. The highest BCUT2D eigenvalue weighted by molar-refractivity contribution is 4.39. The summed E-state index contributed by atoms with van der Waals surface area (Å²) in [6.45, 7) is 7.13. The molecule has 0 aliphatic rings. The van der Waals surface area contributed by atoms with E-state index in [-0.39, 0.29) is 12.4 Å². The van der Waals surface area contributed by atoms with Gasteiger partial charge in [0.1, 0.15) is 0 Å². The van der Waals surface area contributed by atoms with Crippen molar-refractivity contribution in [3.63, 3.8) is 0 Å². The Kier molecular flexibility index (Phi) is 9.69. The molecule has 0 saturated heterocycles. The van der Waals surface area contributed by atoms with Crippen molar-refractivity contribution in [1.82, 2.24) is 0 Å². The molecule has 0 aliphatic heterocycles. The highest BCUT2D eigenvalue weighted by atomic mass is 35.5. The van der Waals surface area contributed by atoms with E-state index < -0.39 is 0 Å². The number of halogens is 1. The highest BCUT2D eigenvalue weighted by Gasteiger charge is 2.09. The van der Waals surface area contributed by atoms with E-state index in [0.29, 0.717) is 0 Å². The third kappa shape index (κ3) is 8.35. The maximum Gasteiger partial charge on any atom is 0.0782 e. The van der Waals surface area contributed by atoms with Crippen LogP contribution in [0.4, 0.5) is 0 Å². The normalized spacial score (nSPS) is 11.0. The van der Waals surface area contributed by atoms with Gasteiger partial charge in [-0.25, -0.2) is 0 Å². The van der Waals surface area contributed by atoms with Crippen LogP contribution in [0.5, 0.6) is 0 Å². The van der Waals surface area contributed by atoms with E-state index in [0.717, 1.165) is 0 Å². The Morgan fingerprint density at radius 2 is 1.50 bits per heavy atom. The largest absolute Gasteiger partial charge is 1.00 e. The summed E-state index contributed by atoms with van der Waals surface area (Å²) in [6, 6.07) is 0. The Labute approximate surface area is 84.1 Å². The van der Waals surface area contributed by atoms with Gasteiger partial charge in [0.2, 0.25) is 0 Å². The fourth-order valence-corrected chi connectivity index (χ4v) is 1.12. The molecule has 0 fully saturated rings. The summed E-state index contributed by atoms with van der Waals surface area (Å²) in [6.07, 6.45) is 5.57. The molecule has 0 aromatic carbocycles. The van der Waals surface area contributed by atoms with E-state index in [1.54, 1.807) is 0 Å². The van der Waals surface area contributed by atoms with Crippen molar-refractivity contribution in [2.75, 3.05) is 27.2 Å². The molecule has 0 rings (SSSR count). The summed E-state index contributed by atoms with van der Waals surface area (Å²) in [7, 11) is 4.62. The van der Waals surface area contributed by atoms with Crippen molar-refractivity contribution in [2.24, 2.45) is 0 Å². The SMILES string of the molecule is CCCCCC[N+](C)(C)CC.[Cl-]. The van der Waals surface area contributed by atoms with Gasteiger partial charge in [0.15, 0.2) is 0 Å². The minimum atomic E-state index is 0. The quantitative estimate of drug-likeness (QED) is 0.401. The fourth-order valence-electron chi connectivity index (χ4n) is 1.12. The number of hydrogen-bond acceptors (Lipinski definition) is 0. The molecule has 0 N–H and O–H groups in total. The van der Waals surface area contributed by atoms with Crippen LogP contribution in [0.1, 0.15) is 39.5 Å². The monoisotopic (exact) mass is 193 g/mol. The van der Waals surface area contributed by atoms with Gasteiger partial charge in [-0.1, -0.05) is 19.8 Å². The number of nitrogens with zero attached hydrogens (tertiary/aromatic N) is 1. The highest BCUT2D eigenvalue weighted by Crippen LogP contribution is 2.04. The first-order valence-corrected chi connectivity index (χ1v) is 4.94. The average Bonchev–Trinajstić information content (AvgIpc) is 1.99. The lowest BCUT2D eigenvalue weighted by atomic mass is 10.2. The molecule has 0 aromatic rings. The maximum atomic E-state index is 2.31. The van der Waals surface area contributed by atoms with Gasteiger partial charge in [-0.3, -0.25) is 0 Å². The van der Waals surface area contributed by atoms with E-state index in [9.17, 15) is 0 Å². The van der Waals surface area contributed by atoms with E-state index in [4.69, 9.17) is 0 Å². The molecule has 1 nitrogen and oxygen atoms in total. The summed E-state index contributed by atoms with van der Waals surface area (Å²) in [5.74, 6) is 0. The third-order valence-electron chi connectivity index (χ3n) is 2.47. The zero-order valence-corrected chi connectivity index (χ0v) is 9.82. The van der Waals surface area contributed by atoms with E-state index in [2.05, 4.69) is 27.9 Å². The first-order chi connectivity index (χ1) is 5.12. The van der Waals surface area contributed by atoms with Crippen LogP contribution in [0, 0.1) is 0 Å². The summed E-state index contributed by atoms with van der Waals surface area (Å²) < 4.78 is 1.18. The number of unbranched alkanes of at least 4 members (excludes halogenated alkanes) is 3. The summed E-state index contributed by atoms with van der Waals surface area (Å²) in [5, 5.41) is 0. The Morgan fingerprint density at radius 3 is 1.92 bits per heavy atom. The van der Waals surface area contributed by atoms with E-state index in [1.807, 2.05) is 0 Å². The summed E-state index contributed by atoms with van der Waals surface area (Å²) in [5.41, 5.74) is 0. The van der Waals surface area contributed by atoms with Crippen LogP contribution >= 0.6 is 0 Å². The Balaban J connectivity index is 0. The average molecular weight is 194 g/mol. The summed E-state index contributed by atoms with van der Waals surface area (Å²) in [4.78, 5) is 0. The molecule has 0 aromatic heterocycles. The number of rotatable bonds is 6. The van der Waals surface area contributed by atoms with Gasteiger partial charge in [0.25, 0.3) is 0 Å². The molecule has 0 atom stereocenters. The van der Waals surface area contributed by atoms with Crippen molar-refractivity contribution < 1.29 is 16.9 Å². The predicted molar refractivity (Wildman–Crippen MR) is 51.7 cm³/mol.